The van der Waals surface area contributed by atoms with E-state index >= 15 is 0 Å². The normalized spacial score (nSPS) is 20.8. The van der Waals surface area contributed by atoms with Gasteiger partial charge in [-0.1, -0.05) is 77.8 Å². The minimum atomic E-state index is -1.86. The highest BCUT2D eigenvalue weighted by Crippen LogP contribution is 2.51. The van der Waals surface area contributed by atoms with E-state index in [2.05, 4.69) is 0 Å². The SMILES string of the molecule is O=C(O)CN1C(=O)C2(CC(=O)N(Cc3ccccc3F)C2=O)c2ccc(Cl)cc21.O=C(O)CN1C(=O)[C@@]2(CC(=O)N(Cc3ccccc3)C2=O)c2cc(Cl)ccc21. The van der Waals surface area contributed by atoms with Crippen molar-refractivity contribution in [2.45, 2.75) is 36.8 Å². The molecular weight excluding hydrogens is 786 g/mol. The van der Waals surface area contributed by atoms with Gasteiger partial charge in [0.25, 0.3) is 0 Å². The minimum Gasteiger partial charge on any atom is -0.480 e. The summed E-state index contributed by atoms with van der Waals surface area (Å²) in [7, 11) is 0. The molecule has 8 rings (SSSR count). The largest absolute Gasteiger partial charge is 0.480 e. The van der Waals surface area contributed by atoms with Gasteiger partial charge in [-0.05, 0) is 42.0 Å². The lowest BCUT2D eigenvalue weighted by Crippen LogP contribution is -2.47. The van der Waals surface area contributed by atoms with E-state index in [0.29, 0.717) is 10.7 Å². The van der Waals surface area contributed by atoms with Crippen LogP contribution < -0.4 is 9.80 Å². The molecule has 2 atom stereocenters. The molecule has 4 heterocycles. The number of nitrogens with zero attached hydrogens (tertiary/aromatic N) is 4. The molecule has 0 aliphatic carbocycles. The monoisotopic (exact) mass is 814 g/mol. The maximum Gasteiger partial charge on any atom is 0.323 e. The van der Waals surface area contributed by atoms with Crippen LogP contribution in [0.3, 0.4) is 0 Å². The van der Waals surface area contributed by atoms with Crippen LogP contribution in [0.15, 0.2) is 91.0 Å². The first-order chi connectivity index (χ1) is 27.1. The molecule has 2 fully saturated rings. The molecule has 0 saturated carbocycles. The van der Waals surface area contributed by atoms with Crippen molar-refractivity contribution < 1.29 is 53.0 Å². The van der Waals surface area contributed by atoms with Crippen LogP contribution in [0, 0.1) is 5.82 Å². The van der Waals surface area contributed by atoms with Crippen molar-refractivity contribution in [2.24, 2.45) is 0 Å². The third kappa shape index (κ3) is 6.38. The Bertz CT molecular complexity index is 2450. The van der Waals surface area contributed by atoms with Gasteiger partial charge in [-0.25, -0.2) is 4.39 Å². The van der Waals surface area contributed by atoms with Gasteiger partial charge in [0.2, 0.25) is 35.4 Å². The van der Waals surface area contributed by atoms with Gasteiger partial charge in [-0.15, -0.1) is 0 Å². The number of carbonyl (C=O) groups is 8. The summed E-state index contributed by atoms with van der Waals surface area (Å²) >= 11 is 12.1. The number of halogens is 3. The van der Waals surface area contributed by atoms with E-state index in [4.69, 9.17) is 23.2 Å². The summed E-state index contributed by atoms with van der Waals surface area (Å²) in [5.74, 6) is -7.14. The molecule has 4 aromatic carbocycles. The molecule has 0 aromatic heterocycles. The van der Waals surface area contributed by atoms with Crippen molar-refractivity contribution in [2.75, 3.05) is 22.9 Å². The molecule has 57 heavy (non-hydrogen) atoms. The van der Waals surface area contributed by atoms with Crippen LogP contribution in [0.1, 0.15) is 35.1 Å². The highest BCUT2D eigenvalue weighted by atomic mass is 35.5. The molecule has 4 aliphatic rings. The number of carboxylic acid groups (broad SMARTS) is 2. The molecule has 0 bridgehead atoms. The predicted molar refractivity (Wildman–Crippen MR) is 199 cm³/mol. The van der Waals surface area contributed by atoms with Gasteiger partial charge in [0.05, 0.1) is 31.6 Å². The molecule has 0 radical (unpaired) electrons. The van der Waals surface area contributed by atoms with Gasteiger partial charge in [0.15, 0.2) is 10.8 Å². The van der Waals surface area contributed by atoms with Gasteiger partial charge in [-0.2, -0.15) is 0 Å². The number of imide groups is 2. The molecular formula is C40H29Cl2FN4O10. The average Bonchev–Trinajstić information content (AvgIpc) is 3.74. The molecule has 2 spiro atoms. The lowest BCUT2D eigenvalue weighted by molar-refractivity contribution is -0.144. The van der Waals surface area contributed by atoms with Crippen molar-refractivity contribution in [3.63, 3.8) is 0 Å². The van der Waals surface area contributed by atoms with Gasteiger partial charge in [0, 0.05) is 32.4 Å². The second kappa shape index (κ2) is 14.6. The number of likely N-dealkylation sites (tertiary alicyclic amines) is 2. The summed E-state index contributed by atoms with van der Waals surface area (Å²) in [6.45, 7) is -1.55. The third-order valence-electron chi connectivity index (χ3n) is 10.4. The fourth-order valence-electron chi connectivity index (χ4n) is 7.79. The summed E-state index contributed by atoms with van der Waals surface area (Å²) in [6.07, 6.45) is -0.801. The first-order valence-corrected chi connectivity index (χ1v) is 18.0. The number of benzene rings is 4. The first-order valence-electron chi connectivity index (χ1n) is 17.2. The van der Waals surface area contributed by atoms with E-state index in [1.54, 1.807) is 30.3 Å². The number of amides is 6. The van der Waals surface area contributed by atoms with Crippen molar-refractivity contribution in [3.05, 3.63) is 129 Å². The molecule has 17 heteroatoms. The van der Waals surface area contributed by atoms with Gasteiger partial charge in [-0.3, -0.25) is 58.0 Å². The quantitative estimate of drug-likeness (QED) is 0.194. The van der Waals surface area contributed by atoms with Gasteiger partial charge < -0.3 is 10.2 Å². The van der Waals surface area contributed by atoms with E-state index in [-0.39, 0.29) is 46.9 Å². The Morgan fingerprint density at radius 3 is 1.67 bits per heavy atom. The van der Waals surface area contributed by atoms with Gasteiger partial charge in [0.1, 0.15) is 18.9 Å². The van der Waals surface area contributed by atoms with Crippen molar-refractivity contribution >= 4 is 82.0 Å². The fraction of sp³-hybridized carbons (Fsp3) is 0.200. The highest BCUT2D eigenvalue weighted by Gasteiger charge is 2.65. The minimum absolute atomic E-state index is 0.0440. The van der Waals surface area contributed by atoms with E-state index in [0.717, 1.165) is 25.2 Å². The maximum atomic E-state index is 14.0. The molecule has 4 aliphatic heterocycles. The third-order valence-corrected chi connectivity index (χ3v) is 10.8. The van der Waals surface area contributed by atoms with E-state index < -0.39 is 83.5 Å². The Hall–Kier alpha value is -6.45. The van der Waals surface area contributed by atoms with Crippen molar-refractivity contribution in [3.8, 4) is 0 Å². The van der Waals surface area contributed by atoms with Crippen LogP contribution >= 0.6 is 23.2 Å². The lowest BCUT2D eigenvalue weighted by atomic mass is 9.80. The van der Waals surface area contributed by atoms with Crippen LogP contribution in [-0.4, -0.2) is 80.5 Å². The Balaban J connectivity index is 0.000000174. The van der Waals surface area contributed by atoms with E-state index in [9.17, 15) is 53.0 Å². The average molecular weight is 816 g/mol. The van der Waals surface area contributed by atoms with Crippen LogP contribution in [0.25, 0.3) is 0 Å². The number of hydrogen-bond donors (Lipinski definition) is 2. The van der Waals surface area contributed by atoms with Crippen molar-refractivity contribution in [1.82, 2.24) is 9.80 Å². The number of carbonyl (C=O) groups excluding carboxylic acids is 6. The zero-order chi connectivity index (χ0) is 41.0. The summed E-state index contributed by atoms with van der Waals surface area (Å²) in [6, 6.07) is 23.5. The number of fused-ring (bicyclic) bond motifs is 4. The van der Waals surface area contributed by atoms with Crippen LogP contribution in [0.5, 0.6) is 0 Å². The lowest BCUT2D eigenvalue weighted by Gasteiger charge is -2.22. The fourth-order valence-corrected chi connectivity index (χ4v) is 8.13. The number of aliphatic carboxylic acids is 2. The second-order valence-corrected chi connectivity index (χ2v) is 14.6. The summed E-state index contributed by atoms with van der Waals surface area (Å²) in [5.41, 5.74) is -1.77. The predicted octanol–water partition coefficient (Wildman–Crippen LogP) is 4.08. The van der Waals surface area contributed by atoms with Crippen LogP contribution in [0.2, 0.25) is 10.0 Å². The zero-order valence-corrected chi connectivity index (χ0v) is 31.0. The summed E-state index contributed by atoms with van der Waals surface area (Å²) in [5, 5.41) is 18.9. The first kappa shape index (κ1) is 38.8. The molecule has 2 saturated heterocycles. The van der Waals surface area contributed by atoms with E-state index in [1.165, 1.54) is 54.6 Å². The van der Waals surface area contributed by atoms with E-state index in [1.807, 2.05) is 6.07 Å². The Kier molecular flexibility index (Phi) is 9.92. The molecule has 2 N–H and O–H groups in total. The Morgan fingerprint density at radius 1 is 0.579 bits per heavy atom. The maximum absolute atomic E-state index is 14.0. The second-order valence-electron chi connectivity index (χ2n) is 13.7. The molecule has 6 amide bonds. The molecule has 14 nitrogen and oxygen atoms in total. The topological polar surface area (TPSA) is 190 Å². The molecule has 1 unspecified atom stereocenters. The van der Waals surface area contributed by atoms with Crippen LogP contribution in [0.4, 0.5) is 15.8 Å². The number of carboxylic acids is 2. The Labute approximate surface area is 332 Å². The van der Waals surface area contributed by atoms with Crippen LogP contribution in [-0.2, 0) is 62.3 Å². The highest BCUT2D eigenvalue weighted by molar-refractivity contribution is 6.34. The smallest absolute Gasteiger partial charge is 0.323 e. The Morgan fingerprint density at radius 2 is 1.07 bits per heavy atom. The standard InChI is InChI=1S/C20H14ClFN2O5.C20H15ClN2O5/c21-12-5-6-13-15(7-12)23(10-17(26)27)18(28)20(13)8-16(25)24(19(20)29)9-11-3-1-2-4-14(11)22;21-13-6-7-15-14(8-13)20(18(27)22(15)11-17(25)26)9-16(24)23(19(20)28)10-12-4-2-1-3-5-12/h1-7H,8-10H2,(H,26,27);1-8H,9-11H2,(H,25,26)/t;20-/m.1/s1. The molecule has 4 aromatic rings. The number of rotatable bonds is 8. The number of hydrogen-bond acceptors (Lipinski definition) is 8. The molecule has 290 valence electrons. The van der Waals surface area contributed by atoms with Crippen molar-refractivity contribution in [1.29, 1.82) is 0 Å². The number of anilines is 2. The summed E-state index contributed by atoms with van der Waals surface area (Å²) < 4.78 is 14.0. The van der Waals surface area contributed by atoms with Gasteiger partial charge >= 0.3 is 11.9 Å². The zero-order valence-electron chi connectivity index (χ0n) is 29.5. The summed E-state index contributed by atoms with van der Waals surface area (Å²) in [4.78, 5) is 105.